The largest absolute Gasteiger partial charge is 0.382 e. The highest BCUT2D eigenvalue weighted by Crippen LogP contribution is 2.36. The van der Waals surface area contributed by atoms with Gasteiger partial charge in [0.15, 0.2) is 0 Å². The van der Waals surface area contributed by atoms with Gasteiger partial charge in [0.2, 0.25) is 0 Å². The second-order valence-electron chi connectivity index (χ2n) is 5.36. The number of rotatable bonds is 2. The van der Waals surface area contributed by atoms with E-state index in [2.05, 4.69) is 30.4 Å². The Morgan fingerprint density at radius 2 is 1.84 bits per heavy atom. The van der Waals surface area contributed by atoms with Gasteiger partial charge in [0.1, 0.15) is 5.82 Å². The zero-order valence-corrected chi connectivity index (χ0v) is 11.1. The van der Waals surface area contributed by atoms with Gasteiger partial charge < -0.3 is 5.32 Å². The fourth-order valence-corrected chi connectivity index (χ4v) is 2.99. The molecule has 0 amide bonds. The lowest BCUT2D eigenvalue weighted by Gasteiger charge is -2.31. The SMILES string of the molecule is CC1CC(Cc2ccccc2F)c2ccccc2N1. The van der Waals surface area contributed by atoms with Crippen LogP contribution in [0.2, 0.25) is 0 Å². The number of nitrogens with one attached hydrogen (secondary N) is 1. The highest BCUT2D eigenvalue weighted by molar-refractivity contribution is 5.55. The molecule has 1 aliphatic rings. The highest BCUT2D eigenvalue weighted by Gasteiger charge is 2.24. The molecule has 1 heterocycles. The van der Waals surface area contributed by atoms with Crippen LogP contribution in [0.3, 0.4) is 0 Å². The Morgan fingerprint density at radius 3 is 2.68 bits per heavy atom. The summed E-state index contributed by atoms with van der Waals surface area (Å²) in [5, 5.41) is 3.50. The van der Waals surface area contributed by atoms with Crippen LogP contribution in [0.1, 0.15) is 30.4 Å². The van der Waals surface area contributed by atoms with Gasteiger partial charge in [0, 0.05) is 11.7 Å². The van der Waals surface area contributed by atoms with E-state index < -0.39 is 0 Å². The van der Waals surface area contributed by atoms with E-state index in [4.69, 9.17) is 0 Å². The number of anilines is 1. The summed E-state index contributed by atoms with van der Waals surface area (Å²) in [6.07, 6.45) is 1.82. The predicted octanol–water partition coefficient (Wildman–Crippen LogP) is 4.36. The van der Waals surface area contributed by atoms with Crippen LogP contribution in [-0.2, 0) is 6.42 Å². The Hall–Kier alpha value is -1.83. The Bertz CT molecular complexity index is 579. The van der Waals surface area contributed by atoms with Crippen LogP contribution in [0.5, 0.6) is 0 Å². The van der Waals surface area contributed by atoms with Gasteiger partial charge in [0.25, 0.3) is 0 Å². The third-order valence-electron chi connectivity index (χ3n) is 3.86. The van der Waals surface area contributed by atoms with E-state index in [1.807, 2.05) is 18.2 Å². The molecule has 2 aromatic rings. The molecule has 0 fully saturated rings. The van der Waals surface area contributed by atoms with Crippen molar-refractivity contribution < 1.29 is 4.39 Å². The van der Waals surface area contributed by atoms with Gasteiger partial charge in [0.05, 0.1) is 0 Å². The molecule has 0 spiro atoms. The number of halogens is 1. The van der Waals surface area contributed by atoms with Gasteiger partial charge in [-0.15, -0.1) is 0 Å². The van der Waals surface area contributed by atoms with E-state index >= 15 is 0 Å². The van der Waals surface area contributed by atoms with Crippen LogP contribution in [0, 0.1) is 5.82 Å². The van der Waals surface area contributed by atoms with Crippen molar-refractivity contribution in [3.05, 3.63) is 65.5 Å². The third kappa shape index (κ3) is 2.48. The molecule has 2 atom stereocenters. The van der Waals surface area contributed by atoms with Gasteiger partial charge in [-0.2, -0.15) is 0 Å². The number of para-hydroxylation sites is 1. The summed E-state index contributed by atoms with van der Waals surface area (Å²) in [5.41, 5.74) is 3.32. The number of benzene rings is 2. The average molecular weight is 255 g/mol. The van der Waals surface area contributed by atoms with Crippen molar-refractivity contribution >= 4 is 5.69 Å². The number of hydrogen-bond acceptors (Lipinski definition) is 1. The third-order valence-corrected chi connectivity index (χ3v) is 3.86. The minimum Gasteiger partial charge on any atom is -0.382 e. The lowest BCUT2D eigenvalue weighted by atomic mass is 9.83. The molecule has 0 bridgehead atoms. The summed E-state index contributed by atoms with van der Waals surface area (Å²) in [6, 6.07) is 15.9. The first-order chi connectivity index (χ1) is 9.24. The van der Waals surface area contributed by atoms with Crippen molar-refractivity contribution in [2.45, 2.75) is 31.7 Å². The van der Waals surface area contributed by atoms with Crippen molar-refractivity contribution in [3.63, 3.8) is 0 Å². The first-order valence-corrected chi connectivity index (χ1v) is 6.83. The lowest BCUT2D eigenvalue weighted by molar-refractivity contribution is 0.532. The van der Waals surface area contributed by atoms with Crippen LogP contribution in [0.25, 0.3) is 0 Å². The maximum Gasteiger partial charge on any atom is 0.126 e. The highest BCUT2D eigenvalue weighted by atomic mass is 19.1. The molecule has 0 aromatic heterocycles. The summed E-state index contributed by atoms with van der Waals surface area (Å²) < 4.78 is 13.8. The molecule has 2 heteroatoms. The van der Waals surface area contributed by atoms with Crippen LogP contribution < -0.4 is 5.32 Å². The van der Waals surface area contributed by atoms with E-state index in [1.165, 1.54) is 11.3 Å². The quantitative estimate of drug-likeness (QED) is 0.841. The van der Waals surface area contributed by atoms with Crippen LogP contribution in [0.4, 0.5) is 10.1 Å². The van der Waals surface area contributed by atoms with Gasteiger partial charge in [-0.1, -0.05) is 36.4 Å². The average Bonchev–Trinajstić information content (AvgIpc) is 2.41. The molecule has 0 saturated carbocycles. The minimum atomic E-state index is -0.0915. The number of hydrogen-bond donors (Lipinski definition) is 1. The fraction of sp³-hybridized carbons (Fsp3) is 0.294. The van der Waals surface area contributed by atoms with Crippen molar-refractivity contribution in [3.8, 4) is 0 Å². The summed E-state index contributed by atoms with van der Waals surface area (Å²) >= 11 is 0. The topological polar surface area (TPSA) is 12.0 Å². The second-order valence-corrected chi connectivity index (χ2v) is 5.36. The summed E-state index contributed by atoms with van der Waals surface area (Å²) in [4.78, 5) is 0. The van der Waals surface area contributed by atoms with Crippen molar-refractivity contribution in [1.29, 1.82) is 0 Å². The monoisotopic (exact) mass is 255 g/mol. The molecular formula is C17H18FN. The molecule has 2 unspecified atom stereocenters. The van der Waals surface area contributed by atoms with Gasteiger partial charge in [-0.05, 0) is 48.9 Å². The van der Waals surface area contributed by atoms with Crippen molar-refractivity contribution in [1.82, 2.24) is 0 Å². The maximum absolute atomic E-state index is 13.8. The summed E-state index contributed by atoms with van der Waals surface area (Å²) in [6.45, 7) is 2.18. The van der Waals surface area contributed by atoms with Gasteiger partial charge >= 0.3 is 0 Å². The van der Waals surface area contributed by atoms with Crippen LogP contribution in [0.15, 0.2) is 48.5 Å². The standard InChI is InChI=1S/C17H18FN/c1-12-10-14(11-13-6-2-4-8-16(13)18)15-7-3-5-9-17(15)19-12/h2-9,12,14,19H,10-11H2,1H3. The smallest absolute Gasteiger partial charge is 0.126 e. The van der Waals surface area contributed by atoms with Crippen molar-refractivity contribution in [2.24, 2.45) is 0 Å². The van der Waals surface area contributed by atoms with Gasteiger partial charge in [-0.3, -0.25) is 0 Å². The Morgan fingerprint density at radius 1 is 1.11 bits per heavy atom. The van der Waals surface area contributed by atoms with Crippen molar-refractivity contribution in [2.75, 3.05) is 5.32 Å². The predicted molar refractivity (Wildman–Crippen MR) is 77.0 cm³/mol. The molecular weight excluding hydrogens is 237 g/mol. The first kappa shape index (κ1) is 12.2. The van der Waals surface area contributed by atoms with E-state index in [1.54, 1.807) is 12.1 Å². The Balaban J connectivity index is 1.91. The van der Waals surface area contributed by atoms with E-state index in [0.29, 0.717) is 12.0 Å². The van der Waals surface area contributed by atoms with E-state index in [9.17, 15) is 4.39 Å². The molecule has 98 valence electrons. The van der Waals surface area contributed by atoms with E-state index in [-0.39, 0.29) is 5.82 Å². The zero-order chi connectivity index (χ0) is 13.2. The molecule has 0 aliphatic carbocycles. The first-order valence-electron chi connectivity index (χ1n) is 6.83. The van der Waals surface area contributed by atoms with Crippen LogP contribution >= 0.6 is 0 Å². The Labute approximate surface area is 113 Å². The molecule has 3 rings (SSSR count). The normalized spacial score (nSPS) is 21.6. The van der Waals surface area contributed by atoms with Crippen LogP contribution in [-0.4, -0.2) is 6.04 Å². The molecule has 19 heavy (non-hydrogen) atoms. The molecule has 1 N–H and O–H groups in total. The van der Waals surface area contributed by atoms with Gasteiger partial charge in [-0.25, -0.2) is 4.39 Å². The summed E-state index contributed by atoms with van der Waals surface area (Å²) in [5.74, 6) is 0.301. The summed E-state index contributed by atoms with van der Waals surface area (Å²) in [7, 11) is 0. The molecule has 2 aromatic carbocycles. The molecule has 0 saturated heterocycles. The molecule has 0 radical (unpaired) electrons. The maximum atomic E-state index is 13.8. The zero-order valence-electron chi connectivity index (χ0n) is 11.1. The molecule has 1 nitrogen and oxygen atoms in total. The van der Waals surface area contributed by atoms with E-state index in [0.717, 1.165) is 18.4 Å². The minimum absolute atomic E-state index is 0.0915. The lowest BCUT2D eigenvalue weighted by Crippen LogP contribution is -2.26. The Kier molecular flexibility index (Phi) is 3.24. The second kappa shape index (κ2) is 5.04. The number of fused-ring (bicyclic) bond motifs is 1. The fourth-order valence-electron chi connectivity index (χ4n) is 2.99. The molecule has 1 aliphatic heterocycles.